The molecule has 3 heterocycles. The molecule has 188 valence electrons. The van der Waals surface area contributed by atoms with Crippen LogP contribution in [0.5, 0.6) is 0 Å². The van der Waals surface area contributed by atoms with Gasteiger partial charge < -0.3 is 20.3 Å². The van der Waals surface area contributed by atoms with Crippen LogP contribution < -0.4 is 10.6 Å². The number of nitrogens with zero attached hydrogens (tertiary/aromatic N) is 1. The summed E-state index contributed by atoms with van der Waals surface area (Å²) in [7, 11) is 0. The Hall–Kier alpha value is -2.67. The number of benzene rings is 1. The fraction of sp³-hybridized carbons (Fsp3) is 0.607. The number of carbonyl (C=O) groups is 3. The predicted molar refractivity (Wildman–Crippen MR) is 133 cm³/mol. The Morgan fingerprint density at radius 3 is 2.74 bits per heavy atom. The summed E-state index contributed by atoms with van der Waals surface area (Å²) in [5.41, 5.74) is 0.637. The summed E-state index contributed by atoms with van der Waals surface area (Å²) < 4.78 is 6.40. The van der Waals surface area contributed by atoms with Crippen molar-refractivity contribution in [3.8, 4) is 0 Å². The van der Waals surface area contributed by atoms with Gasteiger partial charge in [-0.25, -0.2) is 0 Å². The quantitative estimate of drug-likeness (QED) is 0.612. The number of fused-ring (bicyclic) bond motifs is 1. The maximum absolute atomic E-state index is 13.8. The van der Waals surface area contributed by atoms with Crippen LogP contribution in [0.15, 0.2) is 36.4 Å². The van der Waals surface area contributed by atoms with Crippen molar-refractivity contribution >= 4 is 23.4 Å². The maximum Gasteiger partial charge on any atom is 0.246 e. The van der Waals surface area contributed by atoms with Gasteiger partial charge in [-0.2, -0.15) is 0 Å². The maximum atomic E-state index is 13.8. The van der Waals surface area contributed by atoms with Gasteiger partial charge >= 0.3 is 0 Å². The van der Waals surface area contributed by atoms with Crippen molar-refractivity contribution < 1.29 is 19.1 Å². The summed E-state index contributed by atoms with van der Waals surface area (Å²) in [5, 5.41) is 6.27. The van der Waals surface area contributed by atoms with E-state index in [0.29, 0.717) is 24.1 Å². The van der Waals surface area contributed by atoms with Gasteiger partial charge in [0, 0.05) is 18.3 Å². The molecule has 0 unspecified atom stereocenters. The van der Waals surface area contributed by atoms with E-state index in [1.165, 1.54) is 6.42 Å². The highest BCUT2D eigenvalue weighted by atomic mass is 16.5. The van der Waals surface area contributed by atoms with Crippen LogP contribution in [-0.2, 0) is 19.1 Å². The van der Waals surface area contributed by atoms with Gasteiger partial charge in [0.05, 0.1) is 17.9 Å². The molecule has 3 aliphatic heterocycles. The summed E-state index contributed by atoms with van der Waals surface area (Å²) in [4.78, 5) is 42.7. The minimum atomic E-state index is -1.10. The van der Waals surface area contributed by atoms with Gasteiger partial charge in [0.2, 0.25) is 17.7 Å². The molecular weight excluding hydrogens is 442 g/mol. The standard InChI is InChI=1S/C28H37N3O4/c1-5-14-31-24(26(33)30-20-11-7-9-17(3)18(20)4)28-13-12-21(35-28)22(23(28)27(31)34)25(32)29-19-10-6-8-16(2)15-19/h6,8,10,12-13,15,17-18,20-24H,5,7,9,11,14H2,1-4H3,(H,29,32)(H,30,33)/t17-,18+,20+,21-,22+,23-,24-,28-/m0/s1. The van der Waals surface area contributed by atoms with Gasteiger partial charge in [0.25, 0.3) is 0 Å². The average molecular weight is 480 g/mol. The molecular formula is C28H37N3O4. The molecule has 2 saturated heterocycles. The average Bonchev–Trinajstić information content (AvgIpc) is 3.45. The second-order valence-corrected chi connectivity index (χ2v) is 11.0. The van der Waals surface area contributed by atoms with Gasteiger partial charge in [0.1, 0.15) is 11.6 Å². The van der Waals surface area contributed by atoms with Crippen molar-refractivity contribution in [3.63, 3.8) is 0 Å². The molecule has 1 saturated carbocycles. The smallest absolute Gasteiger partial charge is 0.246 e. The van der Waals surface area contributed by atoms with Gasteiger partial charge in [-0.1, -0.05) is 57.9 Å². The third-order valence-electron chi connectivity index (χ3n) is 8.71. The second kappa shape index (κ2) is 9.08. The van der Waals surface area contributed by atoms with E-state index in [0.717, 1.165) is 24.8 Å². The first-order valence-corrected chi connectivity index (χ1v) is 13.1. The molecule has 1 aromatic carbocycles. The molecule has 7 nitrogen and oxygen atoms in total. The molecule has 3 amide bonds. The van der Waals surface area contributed by atoms with E-state index in [9.17, 15) is 14.4 Å². The number of anilines is 1. The largest absolute Gasteiger partial charge is 0.359 e. The van der Waals surface area contributed by atoms with Gasteiger partial charge in [-0.3, -0.25) is 14.4 Å². The first kappa shape index (κ1) is 24.0. The number of ether oxygens (including phenoxy) is 1. The number of hydrogen-bond donors (Lipinski definition) is 2. The summed E-state index contributed by atoms with van der Waals surface area (Å²) in [6.07, 6.45) is 7.17. The highest BCUT2D eigenvalue weighted by molar-refractivity contribution is 6.02. The van der Waals surface area contributed by atoms with Crippen LogP contribution in [0.4, 0.5) is 5.69 Å². The van der Waals surface area contributed by atoms with E-state index in [-0.39, 0.29) is 23.8 Å². The zero-order valence-electron chi connectivity index (χ0n) is 21.1. The van der Waals surface area contributed by atoms with Crippen LogP contribution in [0.3, 0.4) is 0 Å². The Kier molecular flexibility index (Phi) is 6.24. The Bertz CT molecular complexity index is 1050. The van der Waals surface area contributed by atoms with Gasteiger partial charge in [0.15, 0.2) is 0 Å². The lowest BCUT2D eigenvalue weighted by Crippen LogP contribution is -2.57. The SMILES string of the molecule is CCCN1C(=O)[C@@H]2[C@H](C(=O)Nc3cccc(C)c3)[C@@H]3C=C[C@@]2(O3)[C@@H]1C(=O)N[C@@H]1CCC[C@H](C)[C@H]1C. The van der Waals surface area contributed by atoms with Crippen molar-refractivity contribution in [1.29, 1.82) is 0 Å². The fourth-order valence-corrected chi connectivity index (χ4v) is 6.74. The topological polar surface area (TPSA) is 87.7 Å². The van der Waals surface area contributed by atoms with Crippen LogP contribution in [0, 0.1) is 30.6 Å². The Labute approximate surface area is 207 Å². The molecule has 8 atom stereocenters. The van der Waals surface area contributed by atoms with Crippen molar-refractivity contribution in [1.82, 2.24) is 10.2 Å². The van der Waals surface area contributed by atoms with Crippen molar-refractivity contribution in [2.75, 3.05) is 11.9 Å². The van der Waals surface area contributed by atoms with E-state index >= 15 is 0 Å². The molecule has 1 aromatic rings. The predicted octanol–water partition coefficient (Wildman–Crippen LogP) is 3.44. The molecule has 3 fully saturated rings. The Morgan fingerprint density at radius 2 is 2.00 bits per heavy atom. The number of nitrogens with one attached hydrogen (secondary N) is 2. The number of aryl methyl sites for hydroxylation is 1. The number of hydrogen-bond acceptors (Lipinski definition) is 4. The molecule has 5 rings (SSSR count). The lowest BCUT2D eigenvalue weighted by Gasteiger charge is -2.38. The zero-order valence-corrected chi connectivity index (χ0v) is 21.1. The molecule has 2 bridgehead atoms. The lowest BCUT2D eigenvalue weighted by atomic mass is 9.73. The summed E-state index contributed by atoms with van der Waals surface area (Å²) >= 11 is 0. The van der Waals surface area contributed by atoms with E-state index in [1.54, 1.807) is 4.90 Å². The van der Waals surface area contributed by atoms with E-state index in [2.05, 4.69) is 24.5 Å². The van der Waals surface area contributed by atoms with Crippen LogP contribution >= 0.6 is 0 Å². The number of rotatable bonds is 6. The molecule has 4 aliphatic rings. The molecule has 1 aliphatic carbocycles. The molecule has 2 N–H and O–H groups in total. The number of carbonyl (C=O) groups excluding carboxylic acids is 3. The fourth-order valence-electron chi connectivity index (χ4n) is 6.74. The van der Waals surface area contributed by atoms with E-state index < -0.39 is 29.6 Å². The molecule has 35 heavy (non-hydrogen) atoms. The minimum Gasteiger partial charge on any atom is -0.359 e. The second-order valence-electron chi connectivity index (χ2n) is 11.0. The summed E-state index contributed by atoms with van der Waals surface area (Å²) in [5.74, 6) is -1.01. The Balaban J connectivity index is 1.42. The minimum absolute atomic E-state index is 0.0864. The molecule has 1 spiro atoms. The van der Waals surface area contributed by atoms with Gasteiger partial charge in [-0.15, -0.1) is 0 Å². The molecule has 7 heteroatoms. The number of amides is 3. The molecule has 0 aromatic heterocycles. The third kappa shape index (κ3) is 3.88. The van der Waals surface area contributed by atoms with Crippen LogP contribution in [0.25, 0.3) is 0 Å². The first-order valence-electron chi connectivity index (χ1n) is 13.1. The lowest BCUT2D eigenvalue weighted by molar-refractivity contribution is -0.141. The highest BCUT2D eigenvalue weighted by Crippen LogP contribution is 2.55. The van der Waals surface area contributed by atoms with Crippen LogP contribution in [-0.4, -0.2) is 53.0 Å². The van der Waals surface area contributed by atoms with Crippen molar-refractivity contribution in [3.05, 3.63) is 42.0 Å². The number of likely N-dealkylation sites (tertiary alicyclic amines) is 1. The summed E-state index contributed by atoms with van der Waals surface area (Å²) in [6.45, 7) is 8.86. The Morgan fingerprint density at radius 1 is 1.20 bits per heavy atom. The summed E-state index contributed by atoms with van der Waals surface area (Å²) in [6, 6.07) is 6.92. The van der Waals surface area contributed by atoms with Crippen LogP contribution in [0.1, 0.15) is 52.0 Å². The zero-order chi connectivity index (χ0) is 24.9. The monoisotopic (exact) mass is 479 g/mol. The van der Waals surface area contributed by atoms with Crippen LogP contribution in [0.2, 0.25) is 0 Å². The van der Waals surface area contributed by atoms with E-state index in [1.807, 2.05) is 50.3 Å². The van der Waals surface area contributed by atoms with E-state index in [4.69, 9.17) is 4.74 Å². The first-order chi connectivity index (χ1) is 16.8. The third-order valence-corrected chi connectivity index (χ3v) is 8.71. The van der Waals surface area contributed by atoms with Gasteiger partial charge in [-0.05, 0) is 49.3 Å². The molecule has 0 radical (unpaired) electrons. The van der Waals surface area contributed by atoms with Crippen molar-refractivity contribution in [2.24, 2.45) is 23.7 Å². The normalized spacial score (nSPS) is 37.4. The van der Waals surface area contributed by atoms with Crippen molar-refractivity contribution in [2.45, 2.75) is 77.2 Å². The highest BCUT2D eigenvalue weighted by Gasteiger charge is 2.72.